The summed E-state index contributed by atoms with van der Waals surface area (Å²) >= 11 is 1.22. The molecule has 0 fully saturated rings. The van der Waals surface area contributed by atoms with Crippen molar-refractivity contribution in [2.24, 2.45) is 0 Å². The molecule has 0 saturated heterocycles. The van der Waals surface area contributed by atoms with Crippen molar-refractivity contribution in [1.29, 1.82) is 0 Å². The Hall–Kier alpha value is -1.96. The highest BCUT2D eigenvalue weighted by Gasteiger charge is 2.23. The quantitative estimate of drug-likeness (QED) is 0.808. The number of halogens is 2. The number of carbonyl (C=O) groups is 1. The molecular weight excluding hydrogens is 276 g/mol. The first-order valence-electron chi connectivity index (χ1n) is 5.34. The van der Waals surface area contributed by atoms with Gasteiger partial charge in [-0.2, -0.15) is 0 Å². The van der Waals surface area contributed by atoms with Crippen molar-refractivity contribution in [2.75, 3.05) is 6.61 Å². The monoisotopic (exact) mass is 285 g/mol. The molecule has 2 heterocycles. The molecule has 2 rings (SSSR count). The van der Waals surface area contributed by atoms with Crippen molar-refractivity contribution in [3.8, 4) is 10.7 Å². The maximum Gasteiger partial charge on any atom is 0.341 e. The molecule has 8 heteroatoms. The minimum absolute atomic E-state index is 0.0953. The average molecular weight is 285 g/mol. The summed E-state index contributed by atoms with van der Waals surface area (Å²) in [5, 5.41) is 0. The molecule has 0 aliphatic rings. The van der Waals surface area contributed by atoms with Crippen LogP contribution in [0.2, 0.25) is 0 Å². The second-order valence-corrected chi connectivity index (χ2v) is 4.27. The van der Waals surface area contributed by atoms with E-state index in [0.29, 0.717) is 4.88 Å². The standard InChI is InChI=1S/C11H9F2N3O2S/c1-2-18-11(17)6-3-15-10(7-4-14-5-19-7)16-8(6)9(12)13/h3-5,9H,2H2,1H3. The second kappa shape index (κ2) is 5.79. The number of nitrogens with zero attached hydrogens (tertiary/aromatic N) is 3. The first-order valence-corrected chi connectivity index (χ1v) is 6.22. The number of rotatable bonds is 4. The molecule has 19 heavy (non-hydrogen) atoms. The molecule has 0 atom stereocenters. The van der Waals surface area contributed by atoms with Crippen LogP contribution >= 0.6 is 11.3 Å². The fourth-order valence-electron chi connectivity index (χ4n) is 1.37. The molecule has 0 radical (unpaired) electrons. The molecule has 0 saturated carbocycles. The van der Waals surface area contributed by atoms with Gasteiger partial charge in [0.05, 0.1) is 17.0 Å². The number of ether oxygens (including phenoxy) is 1. The minimum Gasteiger partial charge on any atom is -0.462 e. The third kappa shape index (κ3) is 2.90. The molecule has 0 N–H and O–H groups in total. The summed E-state index contributed by atoms with van der Waals surface area (Å²) in [6.07, 6.45) is -0.352. The summed E-state index contributed by atoms with van der Waals surface area (Å²) in [6.45, 7) is 1.69. The molecule has 0 amide bonds. The zero-order valence-corrected chi connectivity index (χ0v) is 10.7. The largest absolute Gasteiger partial charge is 0.462 e. The number of hydrogen-bond acceptors (Lipinski definition) is 6. The van der Waals surface area contributed by atoms with E-state index in [1.54, 1.807) is 12.4 Å². The van der Waals surface area contributed by atoms with Gasteiger partial charge in [0, 0.05) is 12.4 Å². The Morgan fingerprint density at radius 2 is 2.26 bits per heavy atom. The van der Waals surface area contributed by atoms with Gasteiger partial charge in [0.2, 0.25) is 0 Å². The Morgan fingerprint density at radius 3 is 2.84 bits per heavy atom. The van der Waals surface area contributed by atoms with Crippen LogP contribution in [0.4, 0.5) is 8.78 Å². The number of carbonyl (C=O) groups excluding carboxylic acids is 1. The topological polar surface area (TPSA) is 65.0 Å². The van der Waals surface area contributed by atoms with Crippen molar-refractivity contribution in [3.63, 3.8) is 0 Å². The molecule has 2 aromatic rings. The van der Waals surface area contributed by atoms with E-state index in [1.807, 2.05) is 0 Å². The SMILES string of the molecule is CCOC(=O)c1cnc(-c2cncs2)nc1C(F)F. The van der Waals surface area contributed by atoms with Crippen LogP contribution in [-0.2, 0) is 4.74 Å². The van der Waals surface area contributed by atoms with E-state index in [1.165, 1.54) is 17.5 Å². The summed E-state index contributed by atoms with van der Waals surface area (Å²) in [5.74, 6) is -0.737. The van der Waals surface area contributed by atoms with Crippen LogP contribution in [-0.4, -0.2) is 27.5 Å². The number of hydrogen-bond donors (Lipinski definition) is 0. The number of aromatic nitrogens is 3. The number of alkyl halides is 2. The predicted octanol–water partition coefficient (Wildman–Crippen LogP) is 2.71. The van der Waals surface area contributed by atoms with E-state index in [9.17, 15) is 13.6 Å². The molecule has 100 valence electrons. The third-order valence-corrected chi connectivity index (χ3v) is 2.94. The molecule has 5 nitrogen and oxygen atoms in total. The maximum atomic E-state index is 12.9. The van der Waals surface area contributed by atoms with Crippen LogP contribution in [0.3, 0.4) is 0 Å². The van der Waals surface area contributed by atoms with Gasteiger partial charge in [-0.1, -0.05) is 0 Å². The van der Waals surface area contributed by atoms with Gasteiger partial charge in [0.25, 0.3) is 6.43 Å². The molecule has 2 aromatic heterocycles. The third-order valence-electron chi connectivity index (χ3n) is 2.17. The second-order valence-electron chi connectivity index (χ2n) is 3.38. The van der Waals surface area contributed by atoms with Crippen molar-refractivity contribution in [3.05, 3.63) is 29.2 Å². The van der Waals surface area contributed by atoms with E-state index in [-0.39, 0.29) is 18.0 Å². The maximum absolute atomic E-state index is 12.9. The van der Waals surface area contributed by atoms with Crippen molar-refractivity contribution in [1.82, 2.24) is 15.0 Å². The lowest BCUT2D eigenvalue weighted by Crippen LogP contribution is -2.11. The molecule has 0 aliphatic carbocycles. The summed E-state index contributed by atoms with van der Waals surface area (Å²) < 4.78 is 30.6. The molecule has 0 aliphatic heterocycles. The van der Waals surface area contributed by atoms with Crippen molar-refractivity contribution in [2.45, 2.75) is 13.3 Å². The Bertz CT molecular complexity index is 575. The summed E-state index contributed by atoms with van der Waals surface area (Å²) in [6, 6.07) is 0. The van der Waals surface area contributed by atoms with Gasteiger partial charge in [-0.15, -0.1) is 11.3 Å². The fourth-order valence-corrected chi connectivity index (χ4v) is 1.93. The fraction of sp³-hybridized carbons (Fsp3) is 0.273. The van der Waals surface area contributed by atoms with E-state index < -0.39 is 18.1 Å². The van der Waals surface area contributed by atoms with E-state index in [0.717, 1.165) is 6.20 Å². The van der Waals surface area contributed by atoms with Gasteiger partial charge in [0.15, 0.2) is 5.82 Å². The zero-order valence-electron chi connectivity index (χ0n) is 9.84. The Balaban J connectivity index is 2.44. The Kier molecular flexibility index (Phi) is 4.10. The molecule has 0 unspecified atom stereocenters. The van der Waals surface area contributed by atoms with E-state index >= 15 is 0 Å². The number of esters is 1. The summed E-state index contributed by atoms with van der Waals surface area (Å²) in [7, 11) is 0. The van der Waals surface area contributed by atoms with Crippen LogP contribution in [0.15, 0.2) is 17.9 Å². The van der Waals surface area contributed by atoms with E-state index in [4.69, 9.17) is 0 Å². The lowest BCUT2D eigenvalue weighted by atomic mass is 10.2. The number of thiazole rings is 1. The van der Waals surface area contributed by atoms with Crippen LogP contribution in [0, 0.1) is 0 Å². The average Bonchev–Trinajstić information content (AvgIpc) is 2.92. The zero-order chi connectivity index (χ0) is 13.8. The minimum atomic E-state index is -2.88. The van der Waals surface area contributed by atoms with Crippen LogP contribution in [0.5, 0.6) is 0 Å². The lowest BCUT2D eigenvalue weighted by molar-refractivity contribution is 0.0513. The van der Waals surface area contributed by atoms with Gasteiger partial charge in [-0.05, 0) is 6.92 Å². The highest BCUT2D eigenvalue weighted by atomic mass is 32.1. The van der Waals surface area contributed by atoms with Crippen LogP contribution in [0.1, 0.15) is 29.4 Å². The highest BCUT2D eigenvalue weighted by Crippen LogP contribution is 2.25. The summed E-state index contributed by atoms with van der Waals surface area (Å²) in [4.78, 5) is 23.5. The van der Waals surface area contributed by atoms with Gasteiger partial charge in [0.1, 0.15) is 11.3 Å². The first kappa shape index (κ1) is 13.5. The predicted molar refractivity (Wildman–Crippen MR) is 64.1 cm³/mol. The molecule has 0 aromatic carbocycles. The molecule has 0 bridgehead atoms. The first-order chi connectivity index (χ1) is 9.13. The van der Waals surface area contributed by atoms with Crippen LogP contribution < -0.4 is 0 Å². The summed E-state index contributed by atoms with van der Waals surface area (Å²) in [5.41, 5.74) is 0.599. The van der Waals surface area contributed by atoms with Gasteiger partial charge < -0.3 is 4.74 Å². The van der Waals surface area contributed by atoms with Gasteiger partial charge >= 0.3 is 5.97 Å². The lowest BCUT2D eigenvalue weighted by Gasteiger charge is -2.07. The van der Waals surface area contributed by atoms with E-state index in [2.05, 4.69) is 19.7 Å². The highest BCUT2D eigenvalue weighted by molar-refractivity contribution is 7.13. The van der Waals surface area contributed by atoms with Crippen molar-refractivity contribution < 1.29 is 18.3 Å². The van der Waals surface area contributed by atoms with Gasteiger partial charge in [-0.25, -0.2) is 23.5 Å². The van der Waals surface area contributed by atoms with Gasteiger partial charge in [-0.3, -0.25) is 4.98 Å². The van der Waals surface area contributed by atoms with Crippen LogP contribution in [0.25, 0.3) is 10.7 Å². The Labute approximate surface area is 111 Å². The normalized spacial score (nSPS) is 10.7. The van der Waals surface area contributed by atoms with Crippen molar-refractivity contribution >= 4 is 17.3 Å². The molecule has 0 spiro atoms. The Morgan fingerprint density at radius 1 is 1.47 bits per heavy atom. The smallest absolute Gasteiger partial charge is 0.341 e. The molecular formula is C11H9F2N3O2S.